The molecule has 0 saturated carbocycles. The number of rotatable bonds is 3. The first kappa shape index (κ1) is 15.6. The van der Waals surface area contributed by atoms with Gasteiger partial charge in [-0.2, -0.15) is 0 Å². The van der Waals surface area contributed by atoms with E-state index in [2.05, 4.69) is 26.6 Å². The van der Waals surface area contributed by atoms with Crippen LogP contribution in [0.4, 0.5) is 15.8 Å². The van der Waals surface area contributed by atoms with Crippen molar-refractivity contribution < 1.29 is 14.1 Å². The summed E-state index contributed by atoms with van der Waals surface area (Å²) in [4.78, 5) is 24.1. The van der Waals surface area contributed by atoms with Crippen LogP contribution in [-0.2, 0) is 4.79 Å². The molecule has 2 rings (SSSR count). The fourth-order valence-corrected chi connectivity index (χ4v) is 2.63. The van der Waals surface area contributed by atoms with Crippen molar-refractivity contribution in [1.29, 1.82) is 0 Å². The smallest absolute Gasteiger partial charge is 0.293 e. The molecule has 0 aliphatic carbocycles. The lowest BCUT2D eigenvalue weighted by Gasteiger charge is -2.36. The van der Waals surface area contributed by atoms with Crippen LogP contribution in [0.25, 0.3) is 0 Å². The molecular formula is C12H14BrFN4O3. The Morgan fingerprint density at radius 3 is 2.95 bits per heavy atom. The maximum Gasteiger partial charge on any atom is 0.293 e. The molecule has 1 saturated heterocycles. The Morgan fingerprint density at radius 2 is 2.33 bits per heavy atom. The molecule has 0 spiro atoms. The van der Waals surface area contributed by atoms with E-state index in [1.807, 2.05) is 0 Å². The predicted molar refractivity (Wildman–Crippen MR) is 78.8 cm³/mol. The maximum absolute atomic E-state index is 13.8. The molecule has 7 nitrogen and oxygen atoms in total. The van der Waals surface area contributed by atoms with Crippen LogP contribution in [-0.4, -0.2) is 43.6 Å². The van der Waals surface area contributed by atoms with Crippen LogP contribution in [0.3, 0.4) is 0 Å². The highest BCUT2D eigenvalue weighted by atomic mass is 79.9. The average Bonchev–Trinajstić information content (AvgIpc) is 2.48. The highest BCUT2D eigenvalue weighted by Gasteiger charge is 2.33. The number of nitro benzene ring substituents is 1. The van der Waals surface area contributed by atoms with Crippen molar-refractivity contribution in [3.63, 3.8) is 0 Å². The van der Waals surface area contributed by atoms with Gasteiger partial charge in [-0.25, -0.2) is 4.39 Å². The molecule has 1 amide bonds. The van der Waals surface area contributed by atoms with Crippen molar-refractivity contribution in [2.75, 3.05) is 31.6 Å². The van der Waals surface area contributed by atoms with Gasteiger partial charge in [-0.3, -0.25) is 14.9 Å². The summed E-state index contributed by atoms with van der Waals surface area (Å²) in [7, 11) is 1.49. The fourth-order valence-electron chi connectivity index (χ4n) is 2.30. The lowest BCUT2D eigenvalue weighted by Crippen LogP contribution is -2.57. The highest BCUT2D eigenvalue weighted by Crippen LogP contribution is 2.34. The Morgan fingerprint density at radius 1 is 1.62 bits per heavy atom. The second kappa shape index (κ2) is 6.35. The molecule has 0 bridgehead atoms. The van der Waals surface area contributed by atoms with Crippen molar-refractivity contribution in [2.24, 2.45) is 0 Å². The quantitative estimate of drug-likeness (QED) is 0.620. The summed E-state index contributed by atoms with van der Waals surface area (Å²) in [5.74, 6) is -0.885. The van der Waals surface area contributed by atoms with Gasteiger partial charge in [-0.1, -0.05) is 0 Å². The Labute approximate surface area is 128 Å². The molecule has 1 aliphatic heterocycles. The minimum atomic E-state index is -0.622. The number of nitro groups is 1. The number of nitrogens with zero attached hydrogens (tertiary/aromatic N) is 2. The van der Waals surface area contributed by atoms with Crippen LogP contribution in [0.2, 0.25) is 0 Å². The topological polar surface area (TPSA) is 87.5 Å². The SMILES string of the molecule is CNC(=O)C1CNCCN1c1cc(F)c(Br)cc1[N+](=O)[O-]. The second-order valence-electron chi connectivity index (χ2n) is 4.54. The lowest BCUT2D eigenvalue weighted by atomic mass is 10.1. The van der Waals surface area contributed by atoms with Crippen LogP contribution in [0.1, 0.15) is 0 Å². The molecule has 0 radical (unpaired) electrons. The number of carbonyl (C=O) groups excluding carboxylic acids is 1. The third-order valence-corrected chi connectivity index (χ3v) is 3.92. The molecule has 114 valence electrons. The highest BCUT2D eigenvalue weighted by molar-refractivity contribution is 9.10. The summed E-state index contributed by atoms with van der Waals surface area (Å²) >= 11 is 2.94. The number of carbonyl (C=O) groups is 1. The van der Waals surface area contributed by atoms with Crippen LogP contribution < -0.4 is 15.5 Å². The molecule has 1 heterocycles. The summed E-state index contributed by atoms with van der Waals surface area (Å²) in [5, 5.41) is 16.8. The minimum Gasteiger partial charge on any atom is -0.357 e. The zero-order valence-electron chi connectivity index (χ0n) is 11.2. The van der Waals surface area contributed by atoms with Gasteiger partial charge < -0.3 is 15.5 Å². The van der Waals surface area contributed by atoms with Crippen LogP contribution in [0, 0.1) is 15.9 Å². The molecule has 1 aromatic rings. The average molecular weight is 361 g/mol. The van der Waals surface area contributed by atoms with Crippen molar-refractivity contribution in [3.05, 3.63) is 32.5 Å². The number of anilines is 1. The Balaban J connectivity index is 2.49. The summed E-state index contributed by atoms with van der Waals surface area (Å²) in [6.07, 6.45) is 0. The number of likely N-dealkylation sites (N-methyl/N-ethyl adjacent to an activating group) is 1. The van der Waals surface area contributed by atoms with E-state index >= 15 is 0 Å². The first-order chi connectivity index (χ1) is 9.95. The molecule has 21 heavy (non-hydrogen) atoms. The fraction of sp³-hybridized carbons (Fsp3) is 0.417. The second-order valence-corrected chi connectivity index (χ2v) is 5.39. The predicted octanol–water partition coefficient (Wildman–Crippen LogP) is 1.02. The van der Waals surface area contributed by atoms with Crippen molar-refractivity contribution in [2.45, 2.75) is 6.04 Å². The van der Waals surface area contributed by atoms with Crippen molar-refractivity contribution in [3.8, 4) is 0 Å². The molecule has 1 unspecified atom stereocenters. The number of amides is 1. The van der Waals surface area contributed by atoms with Gasteiger partial charge in [0, 0.05) is 38.8 Å². The van der Waals surface area contributed by atoms with Crippen LogP contribution in [0.5, 0.6) is 0 Å². The summed E-state index contributed by atoms with van der Waals surface area (Å²) < 4.78 is 13.8. The number of nitrogens with one attached hydrogen (secondary N) is 2. The number of hydrogen-bond acceptors (Lipinski definition) is 5. The van der Waals surface area contributed by atoms with Crippen LogP contribution >= 0.6 is 15.9 Å². The standard InChI is InChI=1S/C12H14BrFN4O3/c1-15-12(19)11-6-16-2-3-17(11)9-5-8(14)7(13)4-10(9)18(20)21/h4-5,11,16H,2-3,6H2,1H3,(H,15,19). The zero-order valence-corrected chi connectivity index (χ0v) is 12.8. The maximum atomic E-state index is 13.8. The monoisotopic (exact) mass is 360 g/mol. The van der Waals surface area contributed by atoms with Gasteiger partial charge in [0.1, 0.15) is 17.5 Å². The largest absolute Gasteiger partial charge is 0.357 e. The first-order valence-electron chi connectivity index (χ1n) is 6.28. The van der Waals surface area contributed by atoms with E-state index in [0.717, 1.165) is 12.1 Å². The number of halogens is 2. The minimum absolute atomic E-state index is 0.0181. The van der Waals surface area contributed by atoms with Gasteiger partial charge in [-0.15, -0.1) is 0 Å². The Bertz CT molecular complexity index is 584. The van der Waals surface area contributed by atoms with E-state index in [-0.39, 0.29) is 21.8 Å². The molecule has 9 heteroatoms. The summed E-state index contributed by atoms with van der Waals surface area (Å²) in [6, 6.07) is 1.58. The van der Waals surface area contributed by atoms with Crippen molar-refractivity contribution in [1.82, 2.24) is 10.6 Å². The molecule has 1 aromatic carbocycles. The van der Waals surface area contributed by atoms with Crippen LogP contribution in [0.15, 0.2) is 16.6 Å². The molecule has 1 aliphatic rings. The van der Waals surface area contributed by atoms with Gasteiger partial charge in [-0.05, 0) is 15.9 Å². The Hall–Kier alpha value is -1.74. The third-order valence-electron chi connectivity index (χ3n) is 3.32. The third kappa shape index (κ3) is 3.13. The van der Waals surface area contributed by atoms with E-state index in [1.54, 1.807) is 4.90 Å². The van der Waals surface area contributed by atoms with E-state index in [1.165, 1.54) is 7.05 Å². The summed E-state index contributed by atoms with van der Waals surface area (Å²) in [5.41, 5.74) is -0.130. The molecule has 1 atom stereocenters. The van der Waals surface area contributed by atoms with E-state index < -0.39 is 16.8 Å². The van der Waals surface area contributed by atoms with E-state index in [9.17, 15) is 19.3 Å². The molecule has 1 fully saturated rings. The van der Waals surface area contributed by atoms with Gasteiger partial charge in [0.2, 0.25) is 5.91 Å². The number of hydrogen-bond donors (Lipinski definition) is 2. The van der Waals surface area contributed by atoms with Gasteiger partial charge in [0.25, 0.3) is 5.69 Å². The lowest BCUT2D eigenvalue weighted by molar-refractivity contribution is -0.384. The first-order valence-corrected chi connectivity index (χ1v) is 7.07. The molecule has 2 N–H and O–H groups in total. The zero-order chi connectivity index (χ0) is 15.6. The van der Waals surface area contributed by atoms with E-state index in [4.69, 9.17) is 0 Å². The van der Waals surface area contributed by atoms with Gasteiger partial charge >= 0.3 is 0 Å². The van der Waals surface area contributed by atoms with Crippen molar-refractivity contribution >= 4 is 33.2 Å². The Kier molecular flexibility index (Phi) is 4.73. The number of benzene rings is 1. The normalized spacial score (nSPS) is 18.4. The van der Waals surface area contributed by atoms with E-state index in [0.29, 0.717) is 19.6 Å². The van der Waals surface area contributed by atoms with Gasteiger partial charge in [0.15, 0.2) is 0 Å². The van der Waals surface area contributed by atoms with Gasteiger partial charge in [0.05, 0.1) is 9.40 Å². The molecule has 0 aromatic heterocycles. The number of piperazine rings is 1. The summed E-state index contributed by atoms with van der Waals surface area (Å²) in [6.45, 7) is 1.27. The molecular weight excluding hydrogens is 347 g/mol.